The summed E-state index contributed by atoms with van der Waals surface area (Å²) in [7, 11) is 0. The van der Waals surface area contributed by atoms with E-state index in [9.17, 15) is 0 Å². The van der Waals surface area contributed by atoms with Crippen molar-refractivity contribution in [3.8, 4) is 11.5 Å². The Labute approximate surface area is 124 Å². The third-order valence-electron chi connectivity index (χ3n) is 3.40. The van der Waals surface area contributed by atoms with E-state index in [4.69, 9.17) is 10.3 Å². The van der Waals surface area contributed by atoms with Crippen molar-refractivity contribution < 1.29 is 4.52 Å². The summed E-state index contributed by atoms with van der Waals surface area (Å²) in [6.45, 7) is 2.68. The van der Waals surface area contributed by atoms with E-state index in [-0.39, 0.29) is 18.4 Å². The van der Waals surface area contributed by atoms with Gasteiger partial charge in [-0.1, -0.05) is 23.4 Å². The van der Waals surface area contributed by atoms with Gasteiger partial charge in [0.15, 0.2) is 5.82 Å². The van der Waals surface area contributed by atoms with E-state index in [1.54, 1.807) is 0 Å². The van der Waals surface area contributed by atoms with Gasteiger partial charge in [-0.25, -0.2) is 0 Å². The molecule has 1 fully saturated rings. The molecule has 1 atom stereocenters. The van der Waals surface area contributed by atoms with Crippen LogP contribution in [0.3, 0.4) is 0 Å². The van der Waals surface area contributed by atoms with Crippen molar-refractivity contribution in [2.75, 3.05) is 13.1 Å². The molecule has 0 saturated carbocycles. The van der Waals surface area contributed by atoms with Crippen molar-refractivity contribution in [3.63, 3.8) is 0 Å². The van der Waals surface area contributed by atoms with E-state index >= 15 is 0 Å². The number of piperidine rings is 1. The second-order valence-corrected chi connectivity index (χ2v) is 5.02. The van der Waals surface area contributed by atoms with Crippen molar-refractivity contribution in [1.82, 2.24) is 15.0 Å². The molecule has 2 aromatic rings. The highest BCUT2D eigenvalue weighted by atomic mass is 35.5. The molecular formula is C14H19ClN4O. The fraction of sp³-hybridized carbons (Fsp3) is 0.429. The van der Waals surface area contributed by atoms with Gasteiger partial charge < -0.3 is 10.3 Å². The Morgan fingerprint density at radius 3 is 2.85 bits per heavy atom. The van der Waals surface area contributed by atoms with Gasteiger partial charge in [-0.15, -0.1) is 12.4 Å². The lowest BCUT2D eigenvalue weighted by Crippen LogP contribution is -2.42. The number of hydrogen-bond acceptors (Lipinski definition) is 5. The Bertz CT molecular complexity index is 531. The van der Waals surface area contributed by atoms with Crippen molar-refractivity contribution in [1.29, 1.82) is 0 Å². The molecule has 1 aromatic heterocycles. The highest BCUT2D eigenvalue weighted by Gasteiger charge is 2.19. The number of hydrogen-bond donors (Lipinski definition) is 1. The highest BCUT2D eigenvalue weighted by molar-refractivity contribution is 5.85. The molecule has 2 N–H and O–H groups in total. The lowest BCUT2D eigenvalue weighted by Gasteiger charge is -2.29. The van der Waals surface area contributed by atoms with Crippen LogP contribution in [0.25, 0.3) is 11.5 Å². The van der Waals surface area contributed by atoms with Gasteiger partial charge >= 0.3 is 0 Å². The minimum Gasteiger partial charge on any atom is -0.334 e. The van der Waals surface area contributed by atoms with Crippen LogP contribution in [-0.2, 0) is 6.54 Å². The molecule has 3 rings (SSSR count). The standard InChI is InChI=1S/C14H18N4O.ClH/c15-12-7-4-8-18(9-12)10-13-16-14(19-17-13)11-5-2-1-3-6-11;/h1-3,5-6,12H,4,7-10,15H2;1H/t12-;/m1./s1. The van der Waals surface area contributed by atoms with Crippen LogP contribution < -0.4 is 5.73 Å². The van der Waals surface area contributed by atoms with Crippen LogP contribution in [0.15, 0.2) is 34.9 Å². The highest BCUT2D eigenvalue weighted by Crippen LogP contribution is 2.17. The Kier molecular flexibility index (Phi) is 5.11. The minimum absolute atomic E-state index is 0. The zero-order valence-corrected chi connectivity index (χ0v) is 12.1. The maximum absolute atomic E-state index is 5.97. The lowest BCUT2D eigenvalue weighted by atomic mass is 10.1. The Morgan fingerprint density at radius 1 is 1.30 bits per heavy atom. The van der Waals surface area contributed by atoms with Gasteiger partial charge in [0.2, 0.25) is 0 Å². The van der Waals surface area contributed by atoms with Gasteiger partial charge in [-0.05, 0) is 31.5 Å². The quantitative estimate of drug-likeness (QED) is 0.939. The molecule has 0 aliphatic carbocycles. The zero-order valence-electron chi connectivity index (χ0n) is 11.2. The number of nitrogens with zero attached hydrogens (tertiary/aromatic N) is 3. The molecule has 20 heavy (non-hydrogen) atoms. The van der Waals surface area contributed by atoms with Crippen LogP contribution in [0, 0.1) is 0 Å². The normalized spacial score (nSPS) is 19.6. The molecule has 0 bridgehead atoms. The third kappa shape index (κ3) is 3.56. The molecule has 1 saturated heterocycles. The van der Waals surface area contributed by atoms with Gasteiger partial charge in [0, 0.05) is 18.2 Å². The van der Waals surface area contributed by atoms with Crippen LogP contribution in [0.4, 0.5) is 0 Å². The smallest absolute Gasteiger partial charge is 0.257 e. The molecule has 0 amide bonds. The van der Waals surface area contributed by atoms with Crippen molar-refractivity contribution in [2.45, 2.75) is 25.4 Å². The summed E-state index contributed by atoms with van der Waals surface area (Å²) in [6.07, 6.45) is 2.25. The topological polar surface area (TPSA) is 68.2 Å². The fourth-order valence-corrected chi connectivity index (χ4v) is 2.45. The van der Waals surface area contributed by atoms with Crippen LogP contribution >= 0.6 is 12.4 Å². The molecule has 108 valence electrons. The summed E-state index contributed by atoms with van der Waals surface area (Å²) < 4.78 is 5.30. The third-order valence-corrected chi connectivity index (χ3v) is 3.40. The average Bonchev–Trinajstić information content (AvgIpc) is 2.88. The van der Waals surface area contributed by atoms with E-state index < -0.39 is 0 Å². The molecular weight excluding hydrogens is 276 g/mol. The average molecular weight is 295 g/mol. The predicted octanol–water partition coefficient (Wildman–Crippen LogP) is 2.08. The summed E-state index contributed by atoms with van der Waals surface area (Å²) in [4.78, 5) is 6.72. The Balaban J connectivity index is 0.00000147. The van der Waals surface area contributed by atoms with Crippen LogP contribution in [0.1, 0.15) is 18.7 Å². The maximum Gasteiger partial charge on any atom is 0.257 e. The number of aromatic nitrogens is 2. The van der Waals surface area contributed by atoms with Crippen LogP contribution in [0.5, 0.6) is 0 Å². The summed E-state index contributed by atoms with van der Waals surface area (Å²) in [5, 5.41) is 4.04. The van der Waals surface area contributed by atoms with E-state index in [2.05, 4.69) is 15.0 Å². The van der Waals surface area contributed by atoms with Crippen LogP contribution in [0.2, 0.25) is 0 Å². The summed E-state index contributed by atoms with van der Waals surface area (Å²) in [6, 6.07) is 10.1. The minimum atomic E-state index is 0. The van der Waals surface area contributed by atoms with Gasteiger partial charge in [-0.2, -0.15) is 4.98 Å². The van der Waals surface area contributed by atoms with E-state index in [0.717, 1.165) is 37.3 Å². The number of rotatable bonds is 3. The summed E-state index contributed by atoms with van der Waals surface area (Å²) in [5.41, 5.74) is 6.92. The Morgan fingerprint density at radius 2 is 2.10 bits per heavy atom. The van der Waals surface area contributed by atoms with Crippen molar-refractivity contribution in [3.05, 3.63) is 36.2 Å². The lowest BCUT2D eigenvalue weighted by molar-refractivity contribution is 0.195. The first kappa shape index (κ1) is 15.0. The molecule has 5 nitrogen and oxygen atoms in total. The first-order valence-corrected chi connectivity index (χ1v) is 6.67. The second kappa shape index (κ2) is 6.83. The predicted molar refractivity (Wildman–Crippen MR) is 79.5 cm³/mol. The molecule has 0 unspecified atom stereocenters. The number of likely N-dealkylation sites (tertiary alicyclic amines) is 1. The summed E-state index contributed by atoms with van der Waals surface area (Å²) >= 11 is 0. The SMILES string of the molecule is Cl.N[C@@H]1CCCN(Cc2noc(-c3ccccc3)n2)C1. The first-order valence-electron chi connectivity index (χ1n) is 6.67. The van der Waals surface area contributed by atoms with E-state index in [1.807, 2.05) is 30.3 Å². The largest absolute Gasteiger partial charge is 0.334 e. The van der Waals surface area contributed by atoms with E-state index in [1.165, 1.54) is 0 Å². The van der Waals surface area contributed by atoms with Gasteiger partial charge in [0.25, 0.3) is 5.89 Å². The molecule has 6 heteroatoms. The monoisotopic (exact) mass is 294 g/mol. The van der Waals surface area contributed by atoms with Gasteiger partial charge in [0.1, 0.15) is 0 Å². The van der Waals surface area contributed by atoms with Gasteiger partial charge in [0.05, 0.1) is 6.54 Å². The molecule has 1 aliphatic rings. The van der Waals surface area contributed by atoms with Crippen molar-refractivity contribution >= 4 is 12.4 Å². The number of halogens is 1. The summed E-state index contributed by atoms with van der Waals surface area (Å²) in [5.74, 6) is 1.31. The van der Waals surface area contributed by atoms with E-state index in [0.29, 0.717) is 12.4 Å². The van der Waals surface area contributed by atoms with Gasteiger partial charge in [-0.3, -0.25) is 4.90 Å². The second-order valence-electron chi connectivity index (χ2n) is 5.02. The molecule has 1 aromatic carbocycles. The first-order chi connectivity index (χ1) is 9.31. The molecule has 0 spiro atoms. The maximum atomic E-state index is 5.97. The fourth-order valence-electron chi connectivity index (χ4n) is 2.45. The van der Waals surface area contributed by atoms with Crippen LogP contribution in [-0.4, -0.2) is 34.2 Å². The number of benzene rings is 1. The zero-order chi connectivity index (χ0) is 13.1. The Hall–Kier alpha value is -1.43. The number of nitrogens with two attached hydrogens (primary N) is 1. The van der Waals surface area contributed by atoms with Crippen molar-refractivity contribution in [2.24, 2.45) is 5.73 Å². The molecule has 2 heterocycles. The molecule has 0 radical (unpaired) electrons. The molecule has 1 aliphatic heterocycles.